The minimum absolute atomic E-state index is 0.126. The highest BCUT2D eigenvalue weighted by Gasteiger charge is 2.44. The molecule has 0 aromatic heterocycles. The maximum atomic E-state index is 12.7. The molecule has 1 amide bonds. The molecule has 0 unspecified atom stereocenters. The molecule has 19 heavy (non-hydrogen) atoms. The Balaban J connectivity index is 2.04. The van der Waals surface area contributed by atoms with E-state index in [9.17, 15) is 4.79 Å². The van der Waals surface area contributed by atoms with Gasteiger partial charge in [-0.2, -0.15) is 11.8 Å². The molecule has 2 aliphatic heterocycles. The van der Waals surface area contributed by atoms with Crippen LogP contribution in [0.3, 0.4) is 0 Å². The number of para-hydroxylation sites is 1. The molecule has 3 rings (SSSR count). The van der Waals surface area contributed by atoms with E-state index >= 15 is 0 Å². The van der Waals surface area contributed by atoms with Crippen molar-refractivity contribution in [3.05, 3.63) is 42.5 Å². The summed E-state index contributed by atoms with van der Waals surface area (Å²) in [7, 11) is 0. The smallest absolute Gasteiger partial charge is 0.258 e. The summed E-state index contributed by atoms with van der Waals surface area (Å²) in [5.74, 6) is 2.31. The molecule has 4 heteroatoms. The maximum absolute atomic E-state index is 12.7. The van der Waals surface area contributed by atoms with Crippen molar-refractivity contribution in [3.63, 3.8) is 0 Å². The van der Waals surface area contributed by atoms with Crippen molar-refractivity contribution in [2.45, 2.75) is 18.5 Å². The number of anilines is 1. The summed E-state index contributed by atoms with van der Waals surface area (Å²) in [5.41, 5.74) is 1.53. The first-order valence-electron chi connectivity index (χ1n) is 6.65. The topological polar surface area (TPSA) is 32.3 Å². The Morgan fingerprint density at radius 2 is 2.11 bits per heavy atom. The number of carbonyl (C=O) groups excluding carboxylic acids is 1. The lowest BCUT2D eigenvalue weighted by atomic mass is 9.94. The minimum atomic E-state index is -0.217. The van der Waals surface area contributed by atoms with E-state index in [4.69, 9.17) is 0 Å². The van der Waals surface area contributed by atoms with Gasteiger partial charge in [0.2, 0.25) is 0 Å². The fourth-order valence-corrected chi connectivity index (χ4v) is 4.10. The van der Waals surface area contributed by atoms with E-state index in [0.717, 1.165) is 35.6 Å². The summed E-state index contributed by atoms with van der Waals surface area (Å²) in [6.07, 6.45) is 3.80. The van der Waals surface area contributed by atoms with Crippen LogP contribution >= 0.6 is 11.8 Å². The molecule has 0 atom stereocenters. The Labute approximate surface area is 118 Å². The molecular formula is C15H18N2OS. The highest BCUT2D eigenvalue weighted by atomic mass is 32.2. The lowest BCUT2D eigenvalue weighted by Gasteiger charge is -2.50. The van der Waals surface area contributed by atoms with Gasteiger partial charge < -0.3 is 10.2 Å². The van der Waals surface area contributed by atoms with E-state index in [1.807, 2.05) is 47.0 Å². The molecule has 1 spiro atoms. The van der Waals surface area contributed by atoms with Crippen LogP contribution in [-0.4, -0.2) is 34.5 Å². The summed E-state index contributed by atoms with van der Waals surface area (Å²) < 4.78 is 0. The molecule has 0 aliphatic carbocycles. The Bertz CT molecular complexity index is 509. The number of nitrogens with one attached hydrogen (secondary N) is 1. The van der Waals surface area contributed by atoms with Crippen LogP contribution < -0.4 is 5.32 Å². The largest absolute Gasteiger partial charge is 0.362 e. The molecule has 1 aromatic carbocycles. The minimum Gasteiger partial charge on any atom is -0.362 e. The van der Waals surface area contributed by atoms with Gasteiger partial charge in [-0.05, 0) is 36.5 Å². The van der Waals surface area contributed by atoms with E-state index < -0.39 is 0 Å². The Hall–Kier alpha value is -1.42. The van der Waals surface area contributed by atoms with Crippen LogP contribution in [0, 0.1) is 0 Å². The SMILES string of the molecule is C=CCN1C(=O)c2ccccc2NC12CCSCC2. The molecule has 0 radical (unpaired) electrons. The van der Waals surface area contributed by atoms with Crippen LogP contribution in [0.5, 0.6) is 0 Å². The second kappa shape index (κ2) is 4.93. The van der Waals surface area contributed by atoms with Crippen molar-refractivity contribution >= 4 is 23.4 Å². The molecule has 3 nitrogen and oxygen atoms in total. The first-order valence-corrected chi connectivity index (χ1v) is 7.80. The molecule has 1 N–H and O–H groups in total. The number of thioether (sulfide) groups is 1. The van der Waals surface area contributed by atoms with Crippen molar-refractivity contribution in [2.75, 3.05) is 23.4 Å². The van der Waals surface area contributed by atoms with Crippen LogP contribution in [0.1, 0.15) is 23.2 Å². The highest BCUT2D eigenvalue weighted by molar-refractivity contribution is 7.99. The highest BCUT2D eigenvalue weighted by Crippen LogP contribution is 2.39. The number of carbonyl (C=O) groups is 1. The number of benzene rings is 1. The fraction of sp³-hybridized carbons (Fsp3) is 0.400. The van der Waals surface area contributed by atoms with E-state index in [-0.39, 0.29) is 11.6 Å². The van der Waals surface area contributed by atoms with Gasteiger partial charge >= 0.3 is 0 Å². The van der Waals surface area contributed by atoms with Gasteiger partial charge in [0.05, 0.1) is 5.56 Å². The molecule has 1 fully saturated rings. The van der Waals surface area contributed by atoms with E-state index in [2.05, 4.69) is 11.9 Å². The molecule has 1 saturated heterocycles. The molecule has 2 aliphatic rings. The van der Waals surface area contributed by atoms with Gasteiger partial charge in [0.25, 0.3) is 5.91 Å². The van der Waals surface area contributed by atoms with Gasteiger partial charge in [-0.3, -0.25) is 4.79 Å². The molecule has 2 heterocycles. The number of amides is 1. The lowest BCUT2D eigenvalue weighted by molar-refractivity contribution is 0.0522. The van der Waals surface area contributed by atoms with Gasteiger partial charge in [0.15, 0.2) is 0 Å². The van der Waals surface area contributed by atoms with Gasteiger partial charge in [0.1, 0.15) is 5.66 Å². The average molecular weight is 274 g/mol. The predicted octanol–water partition coefficient (Wildman–Crippen LogP) is 2.96. The number of rotatable bonds is 2. The fourth-order valence-electron chi connectivity index (χ4n) is 2.93. The number of fused-ring (bicyclic) bond motifs is 1. The average Bonchev–Trinajstić information content (AvgIpc) is 2.45. The van der Waals surface area contributed by atoms with Gasteiger partial charge in [-0.25, -0.2) is 0 Å². The zero-order valence-electron chi connectivity index (χ0n) is 10.9. The van der Waals surface area contributed by atoms with E-state index in [0.29, 0.717) is 6.54 Å². The normalized spacial score (nSPS) is 20.8. The second-order valence-corrected chi connectivity index (χ2v) is 6.24. The Kier molecular flexibility index (Phi) is 3.27. The van der Waals surface area contributed by atoms with Gasteiger partial charge in [-0.15, -0.1) is 6.58 Å². The molecular weight excluding hydrogens is 256 g/mol. The third-order valence-electron chi connectivity index (χ3n) is 3.92. The van der Waals surface area contributed by atoms with Crippen molar-refractivity contribution in [1.82, 2.24) is 4.90 Å². The van der Waals surface area contributed by atoms with Crippen molar-refractivity contribution in [1.29, 1.82) is 0 Å². The standard InChI is InChI=1S/C15H18N2OS/c1-2-9-17-14(18)12-5-3-4-6-13(12)16-15(17)7-10-19-11-8-15/h2-6,16H,1,7-11H2. The predicted molar refractivity (Wildman–Crippen MR) is 80.6 cm³/mol. The Morgan fingerprint density at radius 1 is 1.37 bits per heavy atom. The van der Waals surface area contributed by atoms with Gasteiger partial charge in [0, 0.05) is 12.2 Å². The second-order valence-electron chi connectivity index (χ2n) is 5.02. The summed E-state index contributed by atoms with van der Waals surface area (Å²) in [5, 5.41) is 3.62. The van der Waals surface area contributed by atoms with Crippen molar-refractivity contribution in [2.24, 2.45) is 0 Å². The van der Waals surface area contributed by atoms with Crippen molar-refractivity contribution < 1.29 is 4.79 Å². The molecule has 0 saturated carbocycles. The van der Waals surface area contributed by atoms with Crippen LogP contribution in [0.15, 0.2) is 36.9 Å². The van der Waals surface area contributed by atoms with E-state index in [1.54, 1.807) is 0 Å². The summed E-state index contributed by atoms with van der Waals surface area (Å²) in [6.45, 7) is 4.40. The molecule has 1 aromatic rings. The number of hydrogen-bond donors (Lipinski definition) is 1. The Morgan fingerprint density at radius 3 is 2.84 bits per heavy atom. The van der Waals surface area contributed by atoms with Crippen LogP contribution in [-0.2, 0) is 0 Å². The molecule has 100 valence electrons. The third-order valence-corrected chi connectivity index (χ3v) is 4.90. The zero-order valence-corrected chi connectivity index (χ0v) is 11.7. The third kappa shape index (κ3) is 2.04. The first kappa shape index (κ1) is 12.6. The van der Waals surface area contributed by atoms with Crippen molar-refractivity contribution in [3.8, 4) is 0 Å². The van der Waals surface area contributed by atoms with Gasteiger partial charge in [-0.1, -0.05) is 18.2 Å². The monoisotopic (exact) mass is 274 g/mol. The van der Waals surface area contributed by atoms with E-state index in [1.165, 1.54) is 0 Å². The summed E-state index contributed by atoms with van der Waals surface area (Å²) in [4.78, 5) is 14.7. The summed E-state index contributed by atoms with van der Waals surface area (Å²) in [6, 6.07) is 7.79. The number of nitrogens with zero attached hydrogens (tertiary/aromatic N) is 1. The van der Waals surface area contributed by atoms with Crippen LogP contribution in [0.25, 0.3) is 0 Å². The molecule has 0 bridgehead atoms. The summed E-state index contributed by atoms with van der Waals surface area (Å²) >= 11 is 1.96. The lowest BCUT2D eigenvalue weighted by Crippen LogP contribution is -2.61. The first-order chi connectivity index (χ1) is 9.27. The van der Waals surface area contributed by atoms with Crippen LogP contribution in [0.2, 0.25) is 0 Å². The maximum Gasteiger partial charge on any atom is 0.258 e. The van der Waals surface area contributed by atoms with Crippen LogP contribution in [0.4, 0.5) is 5.69 Å². The zero-order chi connectivity index (χ0) is 13.3. The number of hydrogen-bond acceptors (Lipinski definition) is 3. The quantitative estimate of drug-likeness (QED) is 0.842.